The molecule has 8 heteroatoms. The third kappa shape index (κ3) is 2.79. The summed E-state index contributed by atoms with van der Waals surface area (Å²) in [6.45, 7) is 3.20. The number of phenolic OH excluding ortho intramolecular Hbond substituents is 1. The van der Waals surface area contributed by atoms with E-state index in [0.29, 0.717) is 22.8 Å². The Morgan fingerprint density at radius 2 is 2.07 bits per heavy atom. The molecule has 0 bridgehead atoms. The number of piperidine rings is 1. The van der Waals surface area contributed by atoms with Gasteiger partial charge < -0.3 is 15.0 Å². The second kappa shape index (κ2) is 6.37. The summed E-state index contributed by atoms with van der Waals surface area (Å²) in [6.07, 6.45) is 8.16. The number of hydrogen-bond acceptors (Lipinski definition) is 6. The molecule has 0 radical (unpaired) electrons. The van der Waals surface area contributed by atoms with Gasteiger partial charge in [-0.3, -0.25) is 0 Å². The van der Waals surface area contributed by atoms with Crippen LogP contribution in [-0.4, -0.2) is 46.9 Å². The van der Waals surface area contributed by atoms with Crippen LogP contribution in [0.15, 0.2) is 42.7 Å². The molecule has 1 aliphatic carbocycles. The molecule has 1 saturated heterocycles. The summed E-state index contributed by atoms with van der Waals surface area (Å²) in [7, 11) is 0. The van der Waals surface area contributed by atoms with Crippen LogP contribution in [0.4, 0.5) is 0 Å². The van der Waals surface area contributed by atoms with Crippen molar-refractivity contribution in [3.8, 4) is 22.7 Å². The van der Waals surface area contributed by atoms with Gasteiger partial charge in [0.2, 0.25) is 0 Å². The monoisotopic (exact) mass is 401 g/mol. The van der Waals surface area contributed by atoms with Crippen molar-refractivity contribution in [2.24, 2.45) is 0 Å². The molecule has 3 aromatic heterocycles. The molecule has 1 saturated carbocycles. The molecule has 6 rings (SSSR count). The summed E-state index contributed by atoms with van der Waals surface area (Å²) in [4.78, 5) is 0. The maximum Gasteiger partial charge on any atom is 0.163 e. The normalized spacial score (nSPS) is 20.1. The van der Waals surface area contributed by atoms with Crippen LogP contribution in [0, 0.1) is 6.92 Å². The zero-order chi connectivity index (χ0) is 20.3. The van der Waals surface area contributed by atoms with Crippen LogP contribution in [0.3, 0.4) is 0 Å². The molecule has 1 spiro atoms. The molecule has 0 amide bonds. The molecule has 1 aromatic carbocycles. The SMILES string of the molecule is Cc1cc2cc(-c3ccc(-n4ccnn4)cc3O)nnc2n1[C@@H]1CCNC2(CC2)C1. The lowest BCUT2D eigenvalue weighted by atomic mass is 9.97. The van der Waals surface area contributed by atoms with E-state index < -0.39 is 0 Å². The maximum atomic E-state index is 10.6. The van der Waals surface area contributed by atoms with Gasteiger partial charge in [0.25, 0.3) is 0 Å². The fraction of sp³-hybridized carbons (Fsp3) is 0.364. The van der Waals surface area contributed by atoms with Gasteiger partial charge in [-0.25, -0.2) is 4.68 Å². The molecule has 4 aromatic rings. The third-order valence-corrected chi connectivity index (χ3v) is 6.54. The molecule has 2 aliphatic rings. The third-order valence-electron chi connectivity index (χ3n) is 6.54. The second-order valence-corrected chi connectivity index (χ2v) is 8.57. The number of hydrogen-bond donors (Lipinski definition) is 2. The Balaban J connectivity index is 1.37. The number of rotatable bonds is 3. The standard InChI is InChI=1S/C22H23N7O/c1-14-10-15-11-19(18-3-2-16(12-20(18)30)28-9-8-24-27-28)25-26-21(15)29(14)17-4-7-23-22(13-17)5-6-22/h2-3,8-12,17,23,30H,4-7,13H2,1H3/t17-/m1/s1. The van der Waals surface area contributed by atoms with Gasteiger partial charge >= 0.3 is 0 Å². The Morgan fingerprint density at radius 3 is 2.83 bits per heavy atom. The van der Waals surface area contributed by atoms with Crippen LogP contribution >= 0.6 is 0 Å². The van der Waals surface area contributed by atoms with E-state index in [0.717, 1.165) is 36.1 Å². The quantitative estimate of drug-likeness (QED) is 0.548. The van der Waals surface area contributed by atoms with Crippen molar-refractivity contribution in [2.45, 2.75) is 44.2 Å². The van der Waals surface area contributed by atoms with Crippen molar-refractivity contribution in [2.75, 3.05) is 6.54 Å². The van der Waals surface area contributed by atoms with E-state index in [-0.39, 0.29) is 5.75 Å². The van der Waals surface area contributed by atoms with Crippen molar-refractivity contribution in [3.05, 3.63) is 48.4 Å². The number of fused-ring (bicyclic) bond motifs is 1. The molecule has 8 nitrogen and oxygen atoms in total. The topological polar surface area (TPSA) is 93.7 Å². The molecule has 1 atom stereocenters. The van der Waals surface area contributed by atoms with Crippen molar-refractivity contribution < 1.29 is 5.11 Å². The summed E-state index contributed by atoms with van der Waals surface area (Å²) in [5.74, 6) is 0.141. The molecule has 1 aliphatic heterocycles. The molecule has 2 N–H and O–H groups in total. The predicted octanol–water partition coefficient (Wildman–Crippen LogP) is 3.15. The van der Waals surface area contributed by atoms with Crippen LogP contribution in [0.25, 0.3) is 28.0 Å². The summed E-state index contributed by atoms with van der Waals surface area (Å²) in [6, 6.07) is 10.0. The van der Waals surface area contributed by atoms with Crippen molar-refractivity contribution in [3.63, 3.8) is 0 Å². The first kappa shape index (κ1) is 17.6. The Hall–Kier alpha value is -3.26. The van der Waals surface area contributed by atoms with Gasteiger partial charge in [0.1, 0.15) is 5.75 Å². The van der Waals surface area contributed by atoms with Crippen LogP contribution in [-0.2, 0) is 0 Å². The lowest BCUT2D eigenvalue weighted by molar-refractivity contribution is 0.288. The molecule has 152 valence electrons. The van der Waals surface area contributed by atoms with E-state index in [1.807, 2.05) is 18.2 Å². The van der Waals surface area contributed by atoms with E-state index in [4.69, 9.17) is 0 Å². The molecule has 0 unspecified atom stereocenters. The van der Waals surface area contributed by atoms with Gasteiger partial charge in [-0.2, -0.15) is 0 Å². The van der Waals surface area contributed by atoms with E-state index in [1.54, 1.807) is 23.1 Å². The predicted molar refractivity (Wildman–Crippen MR) is 113 cm³/mol. The smallest absolute Gasteiger partial charge is 0.163 e. The fourth-order valence-corrected chi connectivity index (χ4v) is 4.85. The minimum absolute atomic E-state index is 0.141. The van der Waals surface area contributed by atoms with Gasteiger partial charge in [-0.15, -0.1) is 15.3 Å². The number of nitrogens with one attached hydrogen (secondary N) is 1. The van der Waals surface area contributed by atoms with E-state index >= 15 is 0 Å². The van der Waals surface area contributed by atoms with E-state index in [2.05, 4.69) is 43.4 Å². The van der Waals surface area contributed by atoms with Gasteiger partial charge in [-0.05, 0) is 63.4 Å². The molecular weight excluding hydrogens is 378 g/mol. The average molecular weight is 401 g/mol. The molecule has 4 heterocycles. The zero-order valence-corrected chi connectivity index (χ0v) is 16.8. The van der Waals surface area contributed by atoms with E-state index in [1.165, 1.54) is 18.5 Å². The zero-order valence-electron chi connectivity index (χ0n) is 16.8. The minimum atomic E-state index is 0.141. The first-order chi connectivity index (χ1) is 14.6. The lowest BCUT2D eigenvalue weighted by Crippen LogP contribution is -2.40. The Kier molecular flexibility index (Phi) is 3.73. The van der Waals surface area contributed by atoms with Crippen molar-refractivity contribution in [1.82, 2.24) is 35.1 Å². The van der Waals surface area contributed by atoms with Gasteiger partial charge in [-0.1, -0.05) is 5.21 Å². The van der Waals surface area contributed by atoms with Crippen molar-refractivity contribution in [1.29, 1.82) is 0 Å². The van der Waals surface area contributed by atoms with Crippen molar-refractivity contribution >= 4 is 11.0 Å². The van der Waals surface area contributed by atoms with Crippen LogP contribution < -0.4 is 5.32 Å². The van der Waals surface area contributed by atoms with E-state index in [9.17, 15) is 5.11 Å². The highest BCUT2D eigenvalue weighted by atomic mass is 16.3. The van der Waals surface area contributed by atoms with Gasteiger partial charge in [0.15, 0.2) is 5.65 Å². The van der Waals surface area contributed by atoms with Gasteiger partial charge in [0.05, 0.1) is 23.8 Å². The second-order valence-electron chi connectivity index (χ2n) is 8.57. The first-order valence-corrected chi connectivity index (χ1v) is 10.4. The Morgan fingerprint density at radius 1 is 1.17 bits per heavy atom. The Labute approximate surface area is 173 Å². The fourth-order valence-electron chi connectivity index (χ4n) is 4.85. The highest BCUT2D eigenvalue weighted by Crippen LogP contribution is 2.46. The lowest BCUT2D eigenvalue weighted by Gasteiger charge is -2.32. The molecular formula is C22H23N7O. The van der Waals surface area contributed by atoms with Crippen LogP contribution in [0.1, 0.15) is 37.4 Å². The highest BCUT2D eigenvalue weighted by Gasteiger charge is 2.46. The number of aromatic hydroxyl groups is 1. The molecule has 2 fully saturated rings. The molecule has 30 heavy (non-hydrogen) atoms. The van der Waals surface area contributed by atoms with Crippen LogP contribution in [0.2, 0.25) is 0 Å². The highest BCUT2D eigenvalue weighted by molar-refractivity contribution is 5.82. The summed E-state index contributed by atoms with van der Waals surface area (Å²) in [5.41, 5.74) is 4.55. The number of phenols is 1. The largest absolute Gasteiger partial charge is 0.507 e. The Bertz CT molecular complexity index is 1240. The maximum absolute atomic E-state index is 10.6. The number of nitrogens with zero attached hydrogens (tertiary/aromatic N) is 6. The number of aryl methyl sites for hydroxylation is 1. The number of benzene rings is 1. The first-order valence-electron chi connectivity index (χ1n) is 10.4. The minimum Gasteiger partial charge on any atom is -0.507 e. The van der Waals surface area contributed by atoms with Gasteiger partial charge in [0, 0.05) is 34.3 Å². The summed E-state index contributed by atoms with van der Waals surface area (Å²) >= 11 is 0. The summed E-state index contributed by atoms with van der Waals surface area (Å²) < 4.78 is 3.97. The van der Waals surface area contributed by atoms with Crippen LogP contribution in [0.5, 0.6) is 5.75 Å². The average Bonchev–Trinajstić information content (AvgIpc) is 3.16. The summed E-state index contributed by atoms with van der Waals surface area (Å²) in [5, 5.41) is 32.2. The number of aromatic nitrogens is 6.